The van der Waals surface area contributed by atoms with Crippen molar-refractivity contribution in [3.05, 3.63) is 29.8 Å². The van der Waals surface area contributed by atoms with E-state index in [1.54, 1.807) is 23.9 Å². The van der Waals surface area contributed by atoms with Crippen molar-refractivity contribution in [2.75, 3.05) is 12.0 Å². The van der Waals surface area contributed by atoms with Gasteiger partial charge in [-0.15, -0.1) is 0 Å². The third-order valence-electron chi connectivity index (χ3n) is 2.74. The molecule has 0 spiro atoms. The second kappa shape index (κ2) is 7.66. The molecular weight excluding hydrogens is 298 g/mol. The Hall–Kier alpha value is -1.05. The molecule has 0 fully saturated rings. The van der Waals surface area contributed by atoms with Crippen LogP contribution in [0.3, 0.4) is 0 Å². The number of aryl methyl sites for hydroxylation is 1. The van der Waals surface area contributed by atoms with Crippen molar-refractivity contribution < 1.29 is 18.3 Å². The second-order valence-corrected chi connectivity index (χ2v) is 7.21. The van der Waals surface area contributed by atoms with E-state index in [2.05, 4.69) is 4.72 Å². The summed E-state index contributed by atoms with van der Waals surface area (Å²) in [5.74, 6) is -0.309. The van der Waals surface area contributed by atoms with E-state index in [1.807, 2.05) is 13.2 Å². The summed E-state index contributed by atoms with van der Waals surface area (Å²) < 4.78 is 26.8. The van der Waals surface area contributed by atoms with Crippen molar-refractivity contribution >= 4 is 27.8 Å². The highest BCUT2D eigenvalue weighted by molar-refractivity contribution is 7.98. The van der Waals surface area contributed by atoms with Gasteiger partial charge in [0.1, 0.15) is 0 Å². The summed E-state index contributed by atoms with van der Waals surface area (Å²) in [6, 6.07) is 5.87. The van der Waals surface area contributed by atoms with Crippen LogP contribution in [-0.2, 0) is 14.8 Å². The van der Waals surface area contributed by atoms with Crippen LogP contribution < -0.4 is 4.72 Å². The SMILES string of the molecule is CSCC[C@@H](CC(=O)O)NS(=O)(=O)c1ccc(C)cc1. The van der Waals surface area contributed by atoms with Crippen LogP contribution in [0.5, 0.6) is 0 Å². The highest BCUT2D eigenvalue weighted by Crippen LogP contribution is 2.13. The van der Waals surface area contributed by atoms with Crippen molar-refractivity contribution in [2.24, 2.45) is 0 Å². The van der Waals surface area contributed by atoms with E-state index in [-0.39, 0.29) is 11.3 Å². The van der Waals surface area contributed by atoms with Gasteiger partial charge in [-0.25, -0.2) is 13.1 Å². The van der Waals surface area contributed by atoms with E-state index in [0.29, 0.717) is 12.2 Å². The van der Waals surface area contributed by atoms with Gasteiger partial charge >= 0.3 is 5.97 Å². The van der Waals surface area contributed by atoms with Gasteiger partial charge in [0.2, 0.25) is 10.0 Å². The summed E-state index contributed by atoms with van der Waals surface area (Å²) in [7, 11) is -3.67. The molecule has 0 aliphatic heterocycles. The van der Waals surface area contributed by atoms with E-state index in [0.717, 1.165) is 5.56 Å². The van der Waals surface area contributed by atoms with Crippen molar-refractivity contribution in [3.8, 4) is 0 Å². The molecule has 112 valence electrons. The summed E-state index contributed by atoms with van der Waals surface area (Å²) in [4.78, 5) is 11.0. The number of thioether (sulfide) groups is 1. The number of benzene rings is 1. The number of carbonyl (C=O) groups is 1. The van der Waals surface area contributed by atoms with E-state index in [4.69, 9.17) is 5.11 Å². The summed E-state index contributed by atoms with van der Waals surface area (Å²) in [5, 5.41) is 8.85. The fourth-order valence-corrected chi connectivity index (χ4v) is 3.47. The molecule has 0 aliphatic rings. The van der Waals surface area contributed by atoms with E-state index < -0.39 is 22.0 Å². The van der Waals surface area contributed by atoms with Gasteiger partial charge in [0.25, 0.3) is 0 Å². The zero-order valence-electron chi connectivity index (χ0n) is 11.5. The molecule has 1 aromatic rings. The third-order valence-corrected chi connectivity index (χ3v) is 4.92. The van der Waals surface area contributed by atoms with Crippen LogP contribution in [0.15, 0.2) is 29.2 Å². The summed E-state index contributed by atoms with van der Waals surface area (Å²) >= 11 is 1.55. The normalized spacial score (nSPS) is 13.1. The van der Waals surface area contributed by atoms with Gasteiger partial charge in [-0.3, -0.25) is 4.79 Å². The maximum Gasteiger partial charge on any atom is 0.304 e. The standard InChI is InChI=1S/C13H19NO4S2/c1-10-3-5-12(6-4-10)20(17,18)14-11(7-8-19-2)9-13(15)16/h3-6,11,14H,7-9H2,1-2H3,(H,15,16)/t11-/m0/s1. The molecule has 0 heterocycles. The lowest BCUT2D eigenvalue weighted by Crippen LogP contribution is -2.36. The molecule has 1 aromatic carbocycles. The molecule has 0 saturated carbocycles. The third kappa shape index (κ3) is 5.52. The molecule has 1 atom stereocenters. The topological polar surface area (TPSA) is 83.5 Å². The molecule has 2 N–H and O–H groups in total. The van der Waals surface area contributed by atoms with Gasteiger partial charge in [0, 0.05) is 6.04 Å². The minimum Gasteiger partial charge on any atom is -0.481 e. The molecule has 0 amide bonds. The largest absolute Gasteiger partial charge is 0.481 e. The Morgan fingerprint density at radius 2 is 1.95 bits per heavy atom. The molecule has 0 aliphatic carbocycles. The Morgan fingerprint density at radius 1 is 1.35 bits per heavy atom. The first-order valence-electron chi connectivity index (χ1n) is 6.15. The predicted molar refractivity (Wildman–Crippen MR) is 80.5 cm³/mol. The molecular formula is C13H19NO4S2. The fourth-order valence-electron chi connectivity index (χ4n) is 1.68. The maximum atomic E-state index is 12.2. The Kier molecular flexibility index (Phi) is 6.51. The Balaban J connectivity index is 2.84. The molecule has 7 heteroatoms. The van der Waals surface area contributed by atoms with Gasteiger partial charge in [-0.1, -0.05) is 17.7 Å². The zero-order chi connectivity index (χ0) is 15.2. The lowest BCUT2D eigenvalue weighted by Gasteiger charge is -2.16. The summed E-state index contributed by atoms with van der Waals surface area (Å²) in [6.07, 6.45) is 2.16. The summed E-state index contributed by atoms with van der Waals surface area (Å²) in [5.41, 5.74) is 0.966. The molecule has 20 heavy (non-hydrogen) atoms. The molecule has 0 aromatic heterocycles. The lowest BCUT2D eigenvalue weighted by atomic mass is 10.2. The first-order chi connectivity index (χ1) is 9.35. The minimum absolute atomic E-state index is 0.155. The molecule has 0 bridgehead atoms. The minimum atomic E-state index is -3.67. The van der Waals surface area contributed by atoms with Crippen molar-refractivity contribution in [1.29, 1.82) is 0 Å². The van der Waals surface area contributed by atoms with Gasteiger partial charge in [-0.2, -0.15) is 11.8 Å². The Labute approximate surface area is 123 Å². The highest BCUT2D eigenvalue weighted by Gasteiger charge is 2.21. The van der Waals surface area contributed by atoms with E-state index >= 15 is 0 Å². The van der Waals surface area contributed by atoms with E-state index in [1.165, 1.54) is 12.1 Å². The Morgan fingerprint density at radius 3 is 2.45 bits per heavy atom. The molecule has 5 nitrogen and oxygen atoms in total. The first-order valence-corrected chi connectivity index (χ1v) is 9.02. The first kappa shape index (κ1) is 17.0. The zero-order valence-corrected chi connectivity index (χ0v) is 13.1. The number of carboxylic acid groups (broad SMARTS) is 1. The number of aliphatic carboxylic acids is 1. The number of sulfonamides is 1. The number of rotatable bonds is 8. The second-order valence-electron chi connectivity index (χ2n) is 4.51. The Bertz CT molecular complexity index is 540. The van der Waals surface area contributed by atoms with Gasteiger partial charge in [0.15, 0.2) is 0 Å². The van der Waals surface area contributed by atoms with Crippen LogP contribution in [0, 0.1) is 6.92 Å². The lowest BCUT2D eigenvalue weighted by molar-refractivity contribution is -0.137. The maximum absolute atomic E-state index is 12.2. The summed E-state index contributed by atoms with van der Waals surface area (Å²) in [6.45, 7) is 1.87. The average molecular weight is 317 g/mol. The van der Waals surface area contributed by atoms with Gasteiger partial charge in [0.05, 0.1) is 11.3 Å². The number of carboxylic acids is 1. The van der Waals surface area contributed by atoms with Crippen LogP contribution >= 0.6 is 11.8 Å². The number of hydrogen-bond donors (Lipinski definition) is 2. The number of nitrogens with one attached hydrogen (secondary N) is 1. The molecule has 1 rings (SSSR count). The smallest absolute Gasteiger partial charge is 0.304 e. The highest BCUT2D eigenvalue weighted by atomic mass is 32.2. The average Bonchev–Trinajstić information content (AvgIpc) is 2.35. The predicted octanol–water partition coefficient (Wildman–Crippen LogP) is 1.87. The van der Waals surface area contributed by atoms with Crippen LogP contribution in [0.25, 0.3) is 0 Å². The van der Waals surface area contributed by atoms with Crippen molar-refractivity contribution in [1.82, 2.24) is 4.72 Å². The van der Waals surface area contributed by atoms with E-state index in [9.17, 15) is 13.2 Å². The quantitative estimate of drug-likeness (QED) is 0.765. The van der Waals surface area contributed by atoms with Crippen molar-refractivity contribution in [3.63, 3.8) is 0 Å². The van der Waals surface area contributed by atoms with Crippen LogP contribution in [0.2, 0.25) is 0 Å². The number of hydrogen-bond acceptors (Lipinski definition) is 4. The van der Waals surface area contributed by atoms with Crippen LogP contribution in [0.1, 0.15) is 18.4 Å². The molecule has 0 unspecified atom stereocenters. The molecule has 0 saturated heterocycles. The molecule has 0 radical (unpaired) electrons. The van der Waals surface area contributed by atoms with Crippen LogP contribution in [-0.4, -0.2) is 37.5 Å². The van der Waals surface area contributed by atoms with Crippen LogP contribution in [0.4, 0.5) is 0 Å². The monoisotopic (exact) mass is 317 g/mol. The fraction of sp³-hybridized carbons (Fsp3) is 0.462. The van der Waals surface area contributed by atoms with Gasteiger partial charge < -0.3 is 5.11 Å². The van der Waals surface area contributed by atoms with Gasteiger partial charge in [-0.05, 0) is 37.5 Å². The van der Waals surface area contributed by atoms with Crippen molar-refractivity contribution in [2.45, 2.75) is 30.7 Å².